The van der Waals surface area contributed by atoms with Crippen molar-refractivity contribution in [2.45, 2.75) is 31.2 Å². The Hall–Kier alpha value is -0.500. The summed E-state index contributed by atoms with van der Waals surface area (Å²) in [6, 6.07) is 0. The molecule has 0 radical (unpaired) electrons. The lowest BCUT2D eigenvalue weighted by Gasteiger charge is -2.29. The van der Waals surface area contributed by atoms with Crippen molar-refractivity contribution in [3.63, 3.8) is 0 Å². The first-order valence-electron chi connectivity index (χ1n) is 4.17. The van der Waals surface area contributed by atoms with Crippen LogP contribution in [0.2, 0.25) is 0 Å². The van der Waals surface area contributed by atoms with Crippen LogP contribution in [-0.4, -0.2) is 19.7 Å². The molecule has 2 nitrogen and oxygen atoms in total. The summed E-state index contributed by atoms with van der Waals surface area (Å²) in [6.45, 7) is 3.91. The lowest BCUT2D eigenvalue weighted by molar-refractivity contribution is 0.203. The van der Waals surface area contributed by atoms with Gasteiger partial charge in [0.1, 0.15) is 5.76 Å². The Bertz CT molecular complexity index is 148. The fraction of sp³-hybridized carbons (Fsp3) is 0.778. The molecule has 0 aromatic rings. The van der Waals surface area contributed by atoms with Crippen molar-refractivity contribution in [2.75, 3.05) is 14.2 Å². The first kappa shape index (κ1) is 8.60. The van der Waals surface area contributed by atoms with Gasteiger partial charge < -0.3 is 10.1 Å². The molecule has 1 aliphatic rings. The molecule has 0 bridgehead atoms. The minimum atomic E-state index is 0.0781. The molecule has 2 heteroatoms. The summed E-state index contributed by atoms with van der Waals surface area (Å²) in [5.41, 5.74) is 0.0781. The molecule has 0 amide bonds. The molecular weight excluding hydrogens is 138 g/mol. The van der Waals surface area contributed by atoms with Crippen LogP contribution in [0.1, 0.15) is 25.7 Å². The molecule has 0 heterocycles. The number of ether oxygens (including phenoxy) is 1. The standard InChI is InChI=1S/C9H17NO/c1-8(11-3)9(10-2)6-4-5-7-9/h10H,1,4-7H2,2-3H3. The molecule has 1 aliphatic carbocycles. The normalized spacial score (nSPS) is 21.6. The van der Waals surface area contributed by atoms with Gasteiger partial charge in [-0.2, -0.15) is 0 Å². The Balaban J connectivity index is 2.66. The van der Waals surface area contributed by atoms with Crippen LogP contribution in [0.3, 0.4) is 0 Å². The number of likely N-dealkylation sites (N-methyl/N-ethyl adjacent to an activating group) is 1. The van der Waals surface area contributed by atoms with Crippen molar-refractivity contribution in [1.82, 2.24) is 5.32 Å². The smallest absolute Gasteiger partial charge is 0.108 e. The van der Waals surface area contributed by atoms with Crippen LogP contribution >= 0.6 is 0 Å². The van der Waals surface area contributed by atoms with Crippen molar-refractivity contribution < 1.29 is 4.74 Å². The van der Waals surface area contributed by atoms with Gasteiger partial charge in [-0.1, -0.05) is 19.4 Å². The van der Waals surface area contributed by atoms with Gasteiger partial charge in [-0.15, -0.1) is 0 Å². The highest BCUT2D eigenvalue weighted by molar-refractivity contribution is 5.12. The summed E-state index contributed by atoms with van der Waals surface area (Å²) in [7, 11) is 3.68. The number of hydrogen-bond donors (Lipinski definition) is 1. The minimum absolute atomic E-state index is 0.0781. The van der Waals surface area contributed by atoms with Gasteiger partial charge in [-0.05, 0) is 19.9 Å². The fourth-order valence-corrected chi connectivity index (χ4v) is 1.84. The third kappa shape index (κ3) is 1.41. The van der Waals surface area contributed by atoms with Crippen molar-refractivity contribution in [3.8, 4) is 0 Å². The molecule has 0 spiro atoms. The van der Waals surface area contributed by atoms with Crippen LogP contribution in [0, 0.1) is 0 Å². The molecule has 0 saturated heterocycles. The van der Waals surface area contributed by atoms with E-state index in [0.717, 1.165) is 18.6 Å². The van der Waals surface area contributed by atoms with Crippen molar-refractivity contribution in [2.24, 2.45) is 0 Å². The molecule has 1 N–H and O–H groups in total. The van der Waals surface area contributed by atoms with Crippen LogP contribution < -0.4 is 5.32 Å². The molecule has 1 saturated carbocycles. The zero-order chi connectivity index (χ0) is 8.32. The number of nitrogens with one attached hydrogen (secondary N) is 1. The van der Waals surface area contributed by atoms with E-state index in [2.05, 4.69) is 11.9 Å². The second kappa shape index (κ2) is 3.26. The third-order valence-corrected chi connectivity index (χ3v) is 2.72. The first-order valence-corrected chi connectivity index (χ1v) is 4.17. The highest BCUT2D eigenvalue weighted by Crippen LogP contribution is 2.34. The van der Waals surface area contributed by atoms with Gasteiger partial charge >= 0.3 is 0 Å². The third-order valence-electron chi connectivity index (χ3n) is 2.72. The zero-order valence-electron chi connectivity index (χ0n) is 7.44. The fourth-order valence-electron chi connectivity index (χ4n) is 1.84. The second-order valence-electron chi connectivity index (χ2n) is 3.17. The van der Waals surface area contributed by atoms with Crippen LogP contribution in [0.15, 0.2) is 12.3 Å². The number of hydrogen-bond acceptors (Lipinski definition) is 2. The molecule has 1 rings (SSSR count). The van der Waals surface area contributed by atoms with E-state index in [-0.39, 0.29) is 5.54 Å². The zero-order valence-corrected chi connectivity index (χ0v) is 7.44. The summed E-state index contributed by atoms with van der Waals surface area (Å²) in [4.78, 5) is 0. The quantitative estimate of drug-likeness (QED) is 0.626. The van der Waals surface area contributed by atoms with Gasteiger partial charge in [0.25, 0.3) is 0 Å². The van der Waals surface area contributed by atoms with Crippen molar-refractivity contribution in [3.05, 3.63) is 12.3 Å². The Kier molecular flexibility index (Phi) is 2.55. The SMILES string of the molecule is C=C(OC)C1(NC)CCCC1. The van der Waals surface area contributed by atoms with E-state index in [1.807, 2.05) is 7.05 Å². The molecule has 0 aromatic heterocycles. The van der Waals surface area contributed by atoms with Gasteiger partial charge in [0.2, 0.25) is 0 Å². The topological polar surface area (TPSA) is 21.3 Å². The lowest BCUT2D eigenvalue weighted by atomic mass is 9.96. The number of methoxy groups -OCH3 is 1. The summed E-state index contributed by atoms with van der Waals surface area (Å²) < 4.78 is 5.17. The van der Waals surface area contributed by atoms with E-state index < -0.39 is 0 Å². The Morgan fingerprint density at radius 1 is 1.45 bits per heavy atom. The molecule has 1 fully saturated rings. The summed E-state index contributed by atoms with van der Waals surface area (Å²) >= 11 is 0. The van der Waals surface area contributed by atoms with Gasteiger partial charge in [0.05, 0.1) is 12.6 Å². The van der Waals surface area contributed by atoms with Gasteiger partial charge in [0, 0.05) is 0 Å². The maximum atomic E-state index is 5.17. The molecule has 0 aromatic carbocycles. The predicted molar refractivity (Wildman–Crippen MR) is 46.4 cm³/mol. The van der Waals surface area contributed by atoms with Gasteiger partial charge in [0.15, 0.2) is 0 Å². The van der Waals surface area contributed by atoms with Gasteiger partial charge in [-0.3, -0.25) is 0 Å². The molecular formula is C9H17NO. The molecule has 0 unspecified atom stereocenters. The van der Waals surface area contributed by atoms with E-state index in [1.165, 1.54) is 12.8 Å². The van der Waals surface area contributed by atoms with Crippen LogP contribution in [0.4, 0.5) is 0 Å². The van der Waals surface area contributed by atoms with E-state index in [1.54, 1.807) is 7.11 Å². The second-order valence-corrected chi connectivity index (χ2v) is 3.17. The van der Waals surface area contributed by atoms with E-state index >= 15 is 0 Å². The Morgan fingerprint density at radius 3 is 2.36 bits per heavy atom. The maximum absolute atomic E-state index is 5.17. The van der Waals surface area contributed by atoms with Crippen molar-refractivity contribution >= 4 is 0 Å². The molecule has 0 aliphatic heterocycles. The van der Waals surface area contributed by atoms with Crippen LogP contribution in [0.5, 0.6) is 0 Å². The molecule has 64 valence electrons. The highest BCUT2D eigenvalue weighted by atomic mass is 16.5. The summed E-state index contributed by atoms with van der Waals surface area (Å²) in [6.07, 6.45) is 4.89. The Morgan fingerprint density at radius 2 is 2.00 bits per heavy atom. The van der Waals surface area contributed by atoms with E-state index in [0.29, 0.717) is 0 Å². The Labute approximate surface area is 68.6 Å². The largest absolute Gasteiger partial charge is 0.500 e. The molecule has 11 heavy (non-hydrogen) atoms. The van der Waals surface area contributed by atoms with E-state index in [9.17, 15) is 0 Å². The minimum Gasteiger partial charge on any atom is -0.500 e. The molecule has 0 atom stereocenters. The lowest BCUT2D eigenvalue weighted by Crippen LogP contribution is -2.42. The van der Waals surface area contributed by atoms with Crippen molar-refractivity contribution in [1.29, 1.82) is 0 Å². The average Bonchev–Trinajstić information content (AvgIpc) is 2.52. The maximum Gasteiger partial charge on any atom is 0.108 e. The number of rotatable bonds is 3. The van der Waals surface area contributed by atoms with Crippen LogP contribution in [-0.2, 0) is 4.74 Å². The predicted octanol–water partition coefficient (Wildman–Crippen LogP) is 1.68. The summed E-state index contributed by atoms with van der Waals surface area (Å²) in [5.74, 6) is 0.887. The van der Waals surface area contributed by atoms with E-state index in [4.69, 9.17) is 4.74 Å². The highest BCUT2D eigenvalue weighted by Gasteiger charge is 2.35. The average molecular weight is 155 g/mol. The monoisotopic (exact) mass is 155 g/mol. The van der Waals surface area contributed by atoms with Crippen LogP contribution in [0.25, 0.3) is 0 Å². The van der Waals surface area contributed by atoms with Gasteiger partial charge in [-0.25, -0.2) is 0 Å². The first-order chi connectivity index (χ1) is 5.25. The summed E-state index contributed by atoms with van der Waals surface area (Å²) in [5, 5.41) is 3.30.